The fourth-order valence-electron chi connectivity index (χ4n) is 1.52. The molecule has 1 N–H and O–H groups in total. The van der Waals surface area contributed by atoms with Gasteiger partial charge in [-0.1, -0.05) is 11.6 Å². The molecule has 0 saturated carbocycles. The molecule has 0 atom stereocenters. The number of hydrogen-bond donors (Lipinski definition) is 1. The number of nitrogens with one attached hydrogen (secondary N) is 1. The van der Waals surface area contributed by atoms with Crippen LogP contribution in [0, 0.1) is 6.92 Å². The van der Waals surface area contributed by atoms with E-state index in [0.717, 1.165) is 11.4 Å². The van der Waals surface area contributed by atoms with Crippen molar-refractivity contribution in [1.82, 2.24) is 24.9 Å². The average molecular weight is 268 g/mol. The first-order valence-corrected chi connectivity index (χ1v) is 5.87. The molecule has 0 bridgehead atoms. The monoisotopic (exact) mass is 267 g/mol. The number of aromatic nitrogens is 4. The molecular weight excluding hydrogens is 254 g/mol. The third-order valence-electron chi connectivity index (χ3n) is 2.57. The number of amides is 1. The maximum absolute atomic E-state index is 11.7. The summed E-state index contributed by atoms with van der Waals surface area (Å²) in [6.07, 6.45) is 3.36. The molecule has 2 aromatic rings. The standard InChI is InChI=1S/C11H14ClN5O/c1-8-10(12)6-14-17(8)7-11(18)13-5-9-3-4-16(2)15-9/h3-4,6H,5,7H2,1-2H3,(H,13,18). The molecule has 0 aliphatic heterocycles. The molecule has 0 saturated heterocycles. The van der Waals surface area contributed by atoms with Crippen molar-refractivity contribution in [1.29, 1.82) is 0 Å². The summed E-state index contributed by atoms with van der Waals surface area (Å²) in [4.78, 5) is 11.7. The van der Waals surface area contributed by atoms with Crippen LogP contribution in [0.15, 0.2) is 18.5 Å². The van der Waals surface area contributed by atoms with E-state index in [1.165, 1.54) is 6.20 Å². The van der Waals surface area contributed by atoms with E-state index >= 15 is 0 Å². The van der Waals surface area contributed by atoms with E-state index < -0.39 is 0 Å². The summed E-state index contributed by atoms with van der Waals surface area (Å²) in [7, 11) is 1.83. The Labute approximate surface area is 110 Å². The predicted octanol–water partition coefficient (Wildman–Crippen LogP) is 0.895. The van der Waals surface area contributed by atoms with Gasteiger partial charge in [0.05, 0.1) is 29.2 Å². The largest absolute Gasteiger partial charge is 0.349 e. The van der Waals surface area contributed by atoms with E-state index in [1.807, 2.05) is 26.2 Å². The zero-order valence-electron chi connectivity index (χ0n) is 10.2. The van der Waals surface area contributed by atoms with Crippen molar-refractivity contribution in [2.75, 3.05) is 0 Å². The van der Waals surface area contributed by atoms with Crippen molar-refractivity contribution in [3.05, 3.63) is 34.9 Å². The Morgan fingerprint density at radius 2 is 2.33 bits per heavy atom. The molecular formula is C11H14ClN5O. The Balaban J connectivity index is 1.87. The van der Waals surface area contributed by atoms with Crippen LogP contribution in [0.5, 0.6) is 0 Å². The van der Waals surface area contributed by atoms with Crippen molar-refractivity contribution < 1.29 is 4.79 Å². The van der Waals surface area contributed by atoms with Gasteiger partial charge >= 0.3 is 0 Å². The van der Waals surface area contributed by atoms with Crippen LogP contribution in [-0.4, -0.2) is 25.5 Å². The van der Waals surface area contributed by atoms with Gasteiger partial charge in [-0.3, -0.25) is 14.2 Å². The molecule has 0 radical (unpaired) electrons. The minimum atomic E-state index is -0.122. The minimum Gasteiger partial charge on any atom is -0.349 e. The number of rotatable bonds is 4. The van der Waals surface area contributed by atoms with Gasteiger partial charge in [0.1, 0.15) is 6.54 Å². The van der Waals surface area contributed by atoms with E-state index in [0.29, 0.717) is 11.6 Å². The van der Waals surface area contributed by atoms with Crippen LogP contribution >= 0.6 is 11.6 Å². The first kappa shape index (κ1) is 12.6. The highest BCUT2D eigenvalue weighted by Gasteiger charge is 2.08. The highest BCUT2D eigenvalue weighted by atomic mass is 35.5. The van der Waals surface area contributed by atoms with Crippen molar-refractivity contribution >= 4 is 17.5 Å². The lowest BCUT2D eigenvalue weighted by atomic mass is 10.4. The molecule has 0 spiro atoms. The molecule has 2 aromatic heterocycles. The number of nitrogens with zero attached hydrogens (tertiary/aromatic N) is 4. The highest BCUT2D eigenvalue weighted by Crippen LogP contribution is 2.12. The molecule has 18 heavy (non-hydrogen) atoms. The normalized spacial score (nSPS) is 10.6. The van der Waals surface area contributed by atoms with Crippen molar-refractivity contribution in [2.45, 2.75) is 20.0 Å². The molecule has 2 rings (SSSR count). The van der Waals surface area contributed by atoms with E-state index in [1.54, 1.807) is 9.36 Å². The maximum atomic E-state index is 11.7. The quantitative estimate of drug-likeness (QED) is 0.895. The number of carbonyl (C=O) groups is 1. The van der Waals surface area contributed by atoms with Crippen LogP contribution in [0.3, 0.4) is 0 Å². The Kier molecular flexibility index (Phi) is 3.66. The maximum Gasteiger partial charge on any atom is 0.242 e. The van der Waals surface area contributed by atoms with Gasteiger partial charge in [0.15, 0.2) is 0 Å². The summed E-state index contributed by atoms with van der Waals surface area (Å²) in [5.41, 5.74) is 1.60. The van der Waals surface area contributed by atoms with E-state index in [4.69, 9.17) is 11.6 Å². The number of hydrogen-bond acceptors (Lipinski definition) is 3. The SMILES string of the molecule is Cc1c(Cl)cnn1CC(=O)NCc1ccn(C)n1. The molecule has 0 fully saturated rings. The first-order chi connectivity index (χ1) is 8.56. The third-order valence-corrected chi connectivity index (χ3v) is 2.94. The van der Waals surface area contributed by atoms with Crippen molar-refractivity contribution in [3.8, 4) is 0 Å². The molecule has 96 valence electrons. The fourth-order valence-corrected chi connectivity index (χ4v) is 1.66. The molecule has 7 heteroatoms. The number of aryl methyl sites for hydroxylation is 1. The van der Waals surface area contributed by atoms with Crippen LogP contribution < -0.4 is 5.32 Å². The van der Waals surface area contributed by atoms with Gasteiger partial charge in [0.25, 0.3) is 0 Å². The summed E-state index contributed by atoms with van der Waals surface area (Å²) >= 11 is 5.86. The molecule has 6 nitrogen and oxygen atoms in total. The molecule has 0 aromatic carbocycles. The Morgan fingerprint density at radius 3 is 2.89 bits per heavy atom. The third kappa shape index (κ3) is 2.89. The zero-order chi connectivity index (χ0) is 13.1. The highest BCUT2D eigenvalue weighted by molar-refractivity contribution is 6.31. The van der Waals surface area contributed by atoms with Crippen LogP contribution in [0.25, 0.3) is 0 Å². The van der Waals surface area contributed by atoms with Gasteiger partial charge < -0.3 is 5.32 Å². The zero-order valence-corrected chi connectivity index (χ0v) is 11.0. The van der Waals surface area contributed by atoms with E-state index in [9.17, 15) is 4.79 Å². The van der Waals surface area contributed by atoms with Gasteiger partial charge in [-0.05, 0) is 13.0 Å². The Hall–Kier alpha value is -1.82. The second-order valence-electron chi connectivity index (χ2n) is 3.99. The predicted molar refractivity (Wildman–Crippen MR) is 67.0 cm³/mol. The van der Waals surface area contributed by atoms with E-state index in [-0.39, 0.29) is 12.5 Å². The Morgan fingerprint density at radius 1 is 1.56 bits per heavy atom. The summed E-state index contributed by atoms with van der Waals surface area (Å²) in [6.45, 7) is 2.39. The number of halogens is 1. The lowest BCUT2D eigenvalue weighted by Crippen LogP contribution is -2.28. The lowest BCUT2D eigenvalue weighted by Gasteiger charge is -2.05. The van der Waals surface area contributed by atoms with Crippen molar-refractivity contribution in [3.63, 3.8) is 0 Å². The summed E-state index contributed by atoms with van der Waals surface area (Å²) < 4.78 is 3.26. The summed E-state index contributed by atoms with van der Waals surface area (Å²) in [6, 6.07) is 1.86. The fraction of sp³-hybridized carbons (Fsp3) is 0.364. The minimum absolute atomic E-state index is 0.122. The van der Waals surface area contributed by atoms with Gasteiger partial charge in [-0.2, -0.15) is 10.2 Å². The summed E-state index contributed by atoms with van der Waals surface area (Å²) in [5, 5.41) is 11.5. The van der Waals surface area contributed by atoms with Crippen LogP contribution in [0.2, 0.25) is 5.02 Å². The van der Waals surface area contributed by atoms with Gasteiger partial charge in [0, 0.05) is 13.2 Å². The first-order valence-electron chi connectivity index (χ1n) is 5.49. The second-order valence-corrected chi connectivity index (χ2v) is 4.40. The molecule has 2 heterocycles. The Bertz CT molecular complexity index is 560. The lowest BCUT2D eigenvalue weighted by molar-refractivity contribution is -0.122. The van der Waals surface area contributed by atoms with Crippen LogP contribution in [-0.2, 0) is 24.9 Å². The van der Waals surface area contributed by atoms with Gasteiger partial charge in [-0.15, -0.1) is 0 Å². The van der Waals surface area contributed by atoms with Crippen LogP contribution in [0.1, 0.15) is 11.4 Å². The molecule has 1 amide bonds. The topological polar surface area (TPSA) is 64.7 Å². The molecule has 0 aliphatic carbocycles. The molecule has 0 unspecified atom stereocenters. The second kappa shape index (κ2) is 5.22. The van der Waals surface area contributed by atoms with Crippen molar-refractivity contribution in [2.24, 2.45) is 7.05 Å². The van der Waals surface area contributed by atoms with Gasteiger partial charge in [0.2, 0.25) is 5.91 Å². The van der Waals surface area contributed by atoms with Gasteiger partial charge in [-0.25, -0.2) is 0 Å². The van der Waals surface area contributed by atoms with E-state index in [2.05, 4.69) is 15.5 Å². The van der Waals surface area contributed by atoms with Crippen LogP contribution in [0.4, 0.5) is 0 Å². The smallest absolute Gasteiger partial charge is 0.242 e. The summed E-state index contributed by atoms with van der Waals surface area (Å²) in [5.74, 6) is -0.122. The average Bonchev–Trinajstić information content (AvgIpc) is 2.88. The molecule has 0 aliphatic rings. The number of carbonyl (C=O) groups excluding carboxylic acids is 1.